The molecule has 0 saturated carbocycles. The zero-order chi connectivity index (χ0) is 14.8. The Morgan fingerprint density at radius 3 is 2.81 bits per heavy atom. The van der Waals surface area contributed by atoms with E-state index >= 15 is 0 Å². The van der Waals surface area contributed by atoms with E-state index in [2.05, 4.69) is 5.10 Å². The number of benzene rings is 1. The first-order chi connectivity index (χ1) is 10.2. The van der Waals surface area contributed by atoms with E-state index in [1.54, 1.807) is 11.8 Å². The average molecular weight is 305 g/mol. The monoisotopic (exact) mass is 305 g/mol. The molecule has 6 heteroatoms. The molecule has 112 valence electrons. The first kappa shape index (κ1) is 14.1. The number of ether oxygens (including phenoxy) is 2. The number of anilines is 1. The second kappa shape index (κ2) is 5.89. The molecule has 1 aromatic carbocycles. The fraction of sp³-hybridized carbons (Fsp3) is 0.400. The lowest BCUT2D eigenvalue weighted by molar-refractivity contribution is 0.218. The van der Waals surface area contributed by atoms with E-state index in [-0.39, 0.29) is 6.10 Å². The molecule has 0 amide bonds. The minimum atomic E-state index is 0.278. The Morgan fingerprint density at radius 1 is 1.33 bits per heavy atom. The van der Waals surface area contributed by atoms with Gasteiger partial charge in [-0.1, -0.05) is 0 Å². The summed E-state index contributed by atoms with van der Waals surface area (Å²) < 4.78 is 13.1. The minimum absolute atomic E-state index is 0.278. The van der Waals surface area contributed by atoms with Gasteiger partial charge in [0.25, 0.3) is 0 Å². The third-order valence-corrected chi connectivity index (χ3v) is 4.69. The zero-order valence-electron chi connectivity index (χ0n) is 12.2. The summed E-state index contributed by atoms with van der Waals surface area (Å²) in [6.45, 7) is 0. The number of hydrogen-bond donors (Lipinski definition) is 1. The second-order valence-corrected chi connectivity index (χ2v) is 6.20. The van der Waals surface area contributed by atoms with E-state index in [1.807, 2.05) is 43.1 Å². The SMILES string of the molecule is COc1cc(-c2cc(N)n(C)n2)ccc1OC1CCSC1. The predicted molar refractivity (Wildman–Crippen MR) is 86.0 cm³/mol. The highest BCUT2D eigenvalue weighted by atomic mass is 32.2. The van der Waals surface area contributed by atoms with Crippen molar-refractivity contribution in [2.75, 3.05) is 24.3 Å². The van der Waals surface area contributed by atoms with E-state index in [0.29, 0.717) is 5.82 Å². The summed E-state index contributed by atoms with van der Waals surface area (Å²) in [6, 6.07) is 7.73. The number of hydrogen-bond acceptors (Lipinski definition) is 5. The highest BCUT2D eigenvalue weighted by Gasteiger charge is 2.19. The fourth-order valence-corrected chi connectivity index (χ4v) is 3.43. The Morgan fingerprint density at radius 2 is 2.19 bits per heavy atom. The summed E-state index contributed by atoms with van der Waals surface area (Å²) >= 11 is 1.93. The van der Waals surface area contributed by atoms with Gasteiger partial charge in [-0.05, 0) is 30.4 Å². The molecule has 1 aliphatic rings. The van der Waals surface area contributed by atoms with Gasteiger partial charge in [-0.25, -0.2) is 0 Å². The van der Waals surface area contributed by atoms with Gasteiger partial charge < -0.3 is 15.2 Å². The number of methoxy groups -OCH3 is 1. The zero-order valence-corrected chi connectivity index (χ0v) is 13.0. The van der Waals surface area contributed by atoms with Crippen LogP contribution >= 0.6 is 11.8 Å². The normalized spacial score (nSPS) is 17.9. The lowest BCUT2D eigenvalue weighted by atomic mass is 10.1. The van der Waals surface area contributed by atoms with Gasteiger partial charge in [0.2, 0.25) is 0 Å². The molecule has 2 heterocycles. The average Bonchev–Trinajstić information content (AvgIpc) is 3.10. The molecule has 21 heavy (non-hydrogen) atoms. The number of nitrogen functional groups attached to an aromatic ring is 1. The predicted octanol–water partition coefficient (Wildman–Crippen LogP) is 2.56. The third kappa shape index (κ3) is 2.95. The van der Waals surface area contributed by atoms with E-state index in [4.69, 9.17) is 15.2 Å². The molecular weight excluding hydrogens is 286 g/mol. The number of thioether (sulfide) groups is 1. The highest BCUT2D eigenvalue weighted by molar-refractivity contribution is 7.99. The van der Waals surface area contributed by atoms with Crippen molar-refractivity contribution in [3.05, 3.63) is 24.3 Å². The van der Waals surface area contributed by atoms with Crippen LogP contribution in [0.4, 0.5) is 5.82 Å². The Balaban J connectivity index is 1.87. The molecule has 1 atom stereocenters. The highest BCUT2D eigenvalue weighted by Crippen LogP contribution is 2.34. The van der Waals surface area contributed by atoms with Gasteiger partial charge in [0.1, 0.15) is 11.9 Å². The lowest BCUT2D eigenvalue weighted by Gasteiger charge is -2.15. The molecule has 3 rings (SSSR count). The minimum Gasteiger partial charge on any atom is -0.493 e. The van der Waals surface area contributed by atoms with Gasteiger partial charge in [-0.15, -0.1) is 0 Å². The van der Waals surface area contributed by atoms with Gasteiger partial charge in [0.05, 0.1) is 12.8 Å². The van der Waals surface area contributed by atoms with Gasteiger partial charge in [0, 0.05) is 24.4 Å². The van der Waals surface area contributed by atoms with Crippen molar-refractivity contribution >= 4 is 17.6 Å². The summed E-state index contributed by atoms with van der Waals surface area (Å²) in [5, 5.41) is 4.38. The summed E-state index contributed by atoms with van der Waals surface area (Å²) in [5.41, 5.74) is 7.62. The van der Waals surface area contributed by atoms with Gasteiger partial charge >= 0.3 is 0 Å². The molecular formula is C15H19N3O2S. The van der Waals surface area contributed by atoms with Crippen LogP contribution in [0.2, 0.25) is 0 Å². The maximum atomic E-state index is 6.02. The van der Waals surface area contributed by atoms with E-state index in [0.717, 1.165) is 40.7 Å². The molecule has 0 radical (unpaired) electrons. The van der Waals surface area contributed by atoms with Crippen LogP contribution in [-0.2, 0) is 7.05 Å². The van der Waals surface area contributed by atoms with Crippen molar-refractivity contribution in [3.8, 4) is 22.8 Å². The molecule has 1 aliphatic heterocycles. The van der Waals surface area contributed by atoms with Crippen LogP contribution in [0.25, 0.3) is 11.3 Å². The van der Waals surface area contributed by atoms with Crippen LogP contribution in [0.15, 0.2) is 24.3 Å². The summed E-state index contributed by atoms with van der Waals surface area (Å²) in [7, 11) is 3.48. The van der Waals surface area contributed by atoms with Crippen LogP contribution in [-0.4, -0.2) is 34.5 Å². The number of rotatable bonds is 4. The van der Waals surface area contributed by atoms with Crippen LogP contribution in [0.5, 0.6) is 11.5 Å². The molecule has 0 spiro atoms. The molecule has 0 aliphatic carbocycles. The van der Waals surface area contributed by atoms with Crippen LogP contribution in [0, 0.1) is 0 Å². The van der Waals surface area contributed by atoms with Crippen molar-refractivity contribution in [2.45, 2.75) is 12.5 Å². The fourth-order valence-electron chi connectivity index (χ4n) is 2.33. The van der Waals surface area contributed by atoms with Crippen LogP contribution in [0.3, 0.4) is 0 Å². The molecule has 1 saturated heterocycles. The van der Waals surface area contributed by atoms with Crippen molar-refractivity contribution in [1.82, 2.24) is 9.78 Å². The van der Waals surface area contributed by atoms with Crippen molar-refractivity contribution in [1.29, 1.82) is 0 Å². The topological polar surface area (TPSA) is 62.3 Å². The molecule has 2 N–H and O–H groups in total. The number of nitrogens with two attached hydrogens (primary N) is 1. The number of aryl methyl sites for hydroxylation is 1. The van der Waals surface area contributed by atoms with E-state index < -0.39 is 0 Å². The summed E-state index contributed by atoms with van der Waals surface area (Å²) in [4.78, 5) is 0. The van der Waals surface area contributed by atoms with E-state index in [1.165, 1.54) is 0 Å². The Hall–Kier alpha value is -1.82. The maximum absolute atomic E-state index is 6.02. The van der Waals surface area contributed by atoms with Crippen LogP contribution in [0.1, 0.15) is 6.42 Å². The molecule has 0 bridgehead atoms. The molecule has 1 unspecified atom stereocenters. The molecule has 1 fully saturated rings. The molecule has 1 aromatic heterocycles. The van der Waals surface area contributed by atoms with E-state index in [9.17, 15) is 0 Å². The standard InChI is InChI=1S/C15H19N3O2S/c1-18-15(16)8-12(17-18)10-3-4-13(14(7-10)19-2)20-11-5-6-21-9-11/h3-4,7-8,11H,5-6,9,16H2,1-2H3. The Labute approximate surface area is 128 Å². The Kier molecular flexibility index (Phi) is 3.96. The number of nitrogens with zero attached hydrogens (tertiary/aromatic N) is 2. The Bertz CT molecular complexity index is 616. The van der Waals surface area contributed by atoms with Crippen molar-refractivity contribution in [2.24, 2.45) is 7.05 Å². The van der Waals surface area contributed by atoms with Crippen molar-refractivity contribution < 1.29 is 9.47 Å². The lowest BCUT2D eigenvalue weighted by Crippen LogP contribution is -2.15. The van der Waals surface area contributed by atoms with Crippen molar-refractivity contribution in [3.63, 3.8) is 0 Å². The second-order valence-electron chi connectivity index (χ2n) is 5.05. The molecule has 5 nitrogen and oxygen atoms in total. The third-order valence-electron chi connectivity index (χ3n) is 3.56. The smallest absolute Gasteiger partial charge is 0.161 e. The maximum Gasteiger partial charge on any atom is 0.161 e. The quantitative estimate of drug-likeness (QED) is 0.940. The summed E-state index contributed by atoms with van der Waals surface area (Å²) in [6.07, 6.45) is 1.37. The molecule has 2 aromatic rings. The first-order valence-corrected chi connectivity index (χ1v) is 8.05. The summed E-state index contributed by atoms with van der Waals surface area (Å²) in [5.74, 6) is 4.36. The van der Waals surface area contributed by atoms with Gasteiger partial charge in [-0.3, -0.25) is 4.68 Å². The van der Waals surface area contributed by atoms with Gasteiger partial charge in [0.15, 0.2) is 11.5 Å². The first-order valence-electron chi connectivity index (χ1n) is 6.89. The van der Waals surface area contributed by atoms with Crippen LogP contribution < -0.4 is 15.2 Å². The largest absolute Gasteiger partial charge is 0.493 e. The number of aromatic nitrogens is 2. The van der Waals surface area contributed by atoms with Gasteiger partial charge in [-0.2, -0.15) is 16.9 Å².